The average Bonchev–Trinajstić information content (AvgIpc) is 3.37. The molecule has 0 aliphatic carbocycles. The molecule has 0 unspecified atom stereocenters. The third kappa shape index (κ3) is 3.16. The van der Waals surface area contributed by atoms with Crippen molar-refractivity contribution in [3.05, 3.63) is 59.5 Å². The fraction of sp³-hybridized carbons (Fsp3) is 0.286. The topological polar surface area (TPSA) is 92.6 Å². The van der Waals surface area contributed by atoms with E-state index in [1.54, 1.807) is 4.68 Å². The number of H-pyrrole nitrogens is 1. The van der Waals surface area contributed by atoms with E-state index < -0.39 is 0 Å². The van der Waals surface area contributed by atoms with Crippen molar-refractivity contribution in [2.45, 2.75) is 32.9 Å². The van der Waals surface area contributed by atoms with E-state index >= 15 is 0 Å². The zero-order valence-corrected chi connectivity index (χ0v) is 16.2. The van der Waals surface area contributed by atoms with E-state index in [1.165, 1.54) is 10.8 Å². The first-order valence-corrected chi connectivity index (χ1v) is 9.75. The van der Waals surface area contributed by atoms with E-state index in [9.17, 15) is 4.79 Å². The number of carbonyl (C=O) groups is 1. The summed E-state index contributed by atoms with van der Waals surface area (Å²) in [4.78, 5) is 14.7. The van der Waals surface area contributed by atoms with Gasteiger partial charge in [-0.15, -0.1) is 5.10 Å². The number of amides is 1. The van der Waals surface area contributed by atoms with Crippen molar-refractivity contribution in [3.8, 4) is 11.3 Å². The fourth-order valence-electron chi connectivity index (χ4n) is 3.98. The highest BCUT2D eigenvalue weighted by atomic mass is 16.2. The summed E-state index contributed by atoms with van der Waals surface area (Å²) in [5.41, 5.74) is 4.26. The fourth-order valence-corrected chi connectivity index (χ4v) is 3.98. The van der Waals surface area contributed by atoms with Crippen molar-refractivity contribution >= 4 is 16.7 Å². The highest BCUT2D eigenvalue weighted by Gasteiger charge is 2.26. The highest BCUT2D eigenvalue weighted by Crippen LogP contribution is 2.33. The van der Waals surface area contributed by atoms with Crippen LogP contribution in [0.5, 0.6) is 0 Å². The molecule has 0 fully saturated rings. The number of aromatic amines is 1. The molecule has 0 saturated heterocycles. The standard InChI is InChI=1S/C21H21N7O/c1-14-22-25-26-28(14)12-10-20(29)27-11-9-19-18(13-27)21(24-23-19)17-8-4-6-15-5-2-3-7-16(15)17/h2-8H,9-13H2,1H3,(H,23,24). The van der Waals surface area contributed by atoms with Crippen LogP contribution in [0.4, 0.5) is 0 Å². The maximum atomic E-state index is 12.8. The van der Waals surface area contributed by atoms with Gasteiger partial charge in [-0.25, -0.2) is 4.68 Å². The van der Waals surface area contributed by atoms with Gasteiger partial charge in [-0.3, -0.25) is 9.89 Å². The van der Waals surface area contributed by atoms with Gasteiger partial charge in [0.15, 0.2) is 0 Å². The molecule has 0 spiro atoms. The average molecular weight is 387 g/mol. The summed E-state index contributed by atoms with van der Waals surface area (Å²) in [6, 6.07) is 14.6. The zero-order chi connectivity index (χ0) is 19.8. The molecule has 146 valence electrons. The first-order valence-electron chi connectivity index (χ1n) is 9.75. The lowest BCUT2D eigenvalue weighted by Crippen LogP contribution is -2.36. The van der Waals surface area contributed by atoms with Crippen LogP contribution in [-0.4, -0.2) is 47.8 Å². The first kappa shape index (κ1) is 17.5. The van der Waals surface area contributed by atoms with E-state index in [0.29, 0.717) is 31.9 Å². The molecule has 1 amide bonds. The maximum Gasteiger partial charge on any atom is 0.224 e. The number of carbonyl (C=O) groups excluding carboxylic acids is 1. The van der Waals surface area contributed by atoms with Gasteiger partial charge in [0, 0.05) is 42.8 Å². The van der Waals surface area contributed by atoms with Crippen molar-refractivity contribution in [1.29, 1.82) is 0 Å². The van der Waals surface area contributed by atoms with Crippen LogP contribution in [0.2, 0.25) is 0 Å². The molecule has 5 rings (SSSR count). The number of rotatable bonds is 4. The molecule has 0 atom stereocenters. The number of tetrazole rings is 1. The minimum absolute atomic E-state index is 0.107. The predicted octanol–water partition coefficient (Wildman–Crippen LogP) is 2.50. The Hall–Kier alpha value is -3.55. The summed E-state index contributed by atoms with van der Waals surface area (Å²) in [5, 5.41) is 21.6. The van der Waals surface area contributed by atoms with Gasteiger partial charge < -0.3 is 4.90 Å². The smallest absolute Gasteiger partial charge is 0.224 e. The molecular weight excluding hydrogens is 366 g/mol. The lowest BCUT2D eigenvalue weighted by Gasteiger charge is -2.27. The largest absolute Gasteiger partial charge is 0.338 e. The van der Waals surface area contributed by atoms with Gasteiger partial charge in [0.2, 0.25) is 5.91 Å². The van der Waals surface area contributed by atoms with Crippen molar-refractivity contribution < 1.29 is 4.79 Å². The summed E-state index contributed by atoms with van der Waals surface area (Å²) in [7, 11) is 0. The molecule has 1 N–H and O–H groups in total. The Morgan fingerprint density at radius 1 is 1.17 bits per heavy atom. The second kappa shape index (κ2) is 7.12. The van der Waals surface area contributed by atoms with Crippen molar-refractivity contribution in [3.63, 3.8) is 0 Å². The summed E-state index contributed by atoms with van der Waals surface area (Å²) >= 11 is 0. The number of fused-ring (bicyclic) bond motifs is 2. The third-order valence-corrected chi connectivity index (χ3v) is 5.58. The monoisotopic (exact) mass is 387 g/mol. The number of nitrogens with zero attached hydrogens (tertiary/aromatic N) is 6. The van der Waals surface area contributed by atoms with E-state index in [-0.39, 0.29) is 5.91 Å². The molecule has 2 aromatic carbocycles. The van der Waals surface area contributed by atoms with Crippen molar-refractivity contribution in [2.24, 2.45) is 0 Å². The lowest BCUT2D eigenvalue weighted by molar-refractivity contribution is -0.132. The van der Waals surface area contributed by atoms with Gasteiger partial charge in [0.1, 0.15) is 5.82 Å². The molecule has 0 saturated carbocycles. The lowest BCUT2D eigenvalue weighted by atomic mass is 9.96. The molecule has 1 aliphatic heterocycles. The molecule has 0 radical (unpaired) electrons. The molecule has 8 heteroatoms. The third-order valence-electron chi connectivity index (χ3n) is 5.58. The van der Waals surface area contributed by atoms with Gasteiger partial charge in [-0.1, -0.05) is 42.5 Å². The van der Waals surface area contributed by atoms with Gasteiger partial charge in [0.05, 0.1) is 12.2 Å². The van der Waals surface area contributed by atoms with Crippen LogP contribution in [0.3, 0.4) is 0 Å². The number of hydrogen-bond donors (Lipinski definition) is 1. The van der Waals surface area contributed by atoms with Crippen LogP contribution in [0.1, 0.15) is 23.5 Å². The maximum absolute atomic E-state index is 12.8. The first-order chi connectivity index (χ1) is 14.2. The molecule has 1 aliphatic rings. The summed E-state index contributed by atoms with van der Waals surface area (Å²) < 4.78 is 1.66. The Labute approximate surface area is 167 Å². The zero-order valence-electron chi connectivity index (χ0n) is 16.2. The Bertz CT molecular complexity index is 1190. The van der Waals surface area contributed by atoms with E-state index in [4.69, 9.17) is 0 Å². The summed E-state index contributed by atoms with van der Waals surface area (Å²) in [6.07, 6.45) is 1.16. The quantitative estimate of drug-likeness (QED) is 0.581. The van der Waals surface area contributed by atoms with Gasteiger partial charge in [0.25, 0.3) is 0 Å². The van der Waals surface area contributed by atoms with Crippen LogP contribution < -0.4 is 0 Å². The predicted molar refractivity (Wildman–Crippen MR) is 108 cm³/mol. The van der Waals surface area contributed by atoms with E-state index in [2.05, 4.69) is 56.1 Å². The second-order valence-electron chi connectivity index (χ2n) is 7.32. The van der Waals surface area contributed by atoms with Crippen molar-refractivity contribution in [2.75, 3.05) is 6.54 Å². The number of aromatic nitrogens is 6. The Morgan fingerprint density at radius 2 is 2.03 bits per heavy atom. The van der Waals surface area contributed by atoms with Crippen LogP contribution in [0.25, 0.3) is 22.0 Å². The Kier molecular flexibility index (Phi) is 4.31. The molecule has 29 heavy (non-hydrogen) atoms. The number of benzene rings is 2. The summed E-state index contributed by atoms with van der Waals surface area (Å²) in [6.45, 7) is 3.58. The van der Waals surface area contributed by atoms with Crippen LogP contribution >= 0.6 is 0 Å². The van der Waals surface area contributed by atoms with Crippen molar-refractivity contribution in [1.82, 2.24) is 35.3 Å². The van der Waals surface area contributed by atoms with Gasteiger partial charge in [-0.05, 0) is 28.1 Å². The number of aryl methyl sites for hydroxylation is 2. The molecule has 2 aromatic heterocycles. The Balaban J connectivity index is 1.40. The van der Waals surface area contributed by atoms with E-state index in [1.807, 2.05) is 24.0 Å². The second-order valence-corrected chi connectivity index (χ2v) is 7.32. The SMILES string of the molecule is Cc1nnnn1CCC(=O)N1CCc2[nH]nc(-c3cccc4ccccc34)c2C1. The molecule has 3 heterocycles. The minimum atomic E-state index is 0.107. The van der Waals surface area contributed by atoms with Crippen LogP contribution in [0.15, 0.2) is 42.5 Å². The molecule has 8 nitrogen and oxygen atoms in total. The summed E-state index contributed by atoms with van der Waals surface area (Å²) in [5.74, 6) is 0.822. The van der Waals surface area contributed by atoms with Gasteiger partial charge in [-0.2, -0.15) is 5.10 Å². The minimum Gasteiger partial charge on any atom is -0.338 e. The normalized spacial score (nSPS) is 13.6. The molecular formula is C21H21N7O. The van der Waals surface area contributed by atoms with Crippen LogP contribution in [0, 0.1) is 6.92 Å². The number of nitrogens with one attached hydrogen (secondary N) is 1. The molecule has 0 bridgehead atoms. The van der Waals surface area contributed by atoms with Gasteiger partial charge >= 0.3 is 0 Å². The Morgan fingerprint density at radius 3 is 2.90 bits per heavy atom. The number of hydrogen-bond acceptors (Lipinski definition) is 5. The van der Waals surface area contributed by atoms with E-state index in [0.717, 1.165) is 28.9 Å². The van der Waals surface area contributed by atoms with Crippen LogP contribution in [-0.2, 0) is 24.3 Å². The molecule has 4 aromatic rings. The highest BCUT2D eigenvalue weighted by molar-refractivity contribution is 5.96.